The van der Waals surface area contributed by atoms with Crippen LogP contribution < -0.4 is 0 Å². The number of rotatable bonds is 3. The standard InChI is InChI=1S/C17H25NO2Si/c1-21(2,3)20-17-15-11-7-8-12-18(15)16(13-19-17)14-9-5-4-6-10-14/h4-7,9-11,15-17H,8,12-13H2,1-3H3/t15-,16+,17+/m0/s1. The first-order valence-corrected chi connectivity index (χ1v) is 11.2. The minimum atomic E-state index is -1.61. The Balaban J connectivity index is 1.82. The van der Waals surface area contributed by atoms with Crippen LogP contribution in [0.25, 0.3) is 0 Å². The molecule has 3 nitrogen and oxygen atoms in total. The van der Waals surface area contributed by atoms with Gasteiger partial charge in [-0.3, -0.25) is 4.90 Å². The first kappa shape index (κ1) is 15.0. The molecule has 0 bridgehead atoms. The fourth-order valence-corrected chi connectivity index (χ4v) is 4.03. The molecule has 114 valence electrons. The fourth-order valence-electron chi connectivity index (χ4n) is 3.12. The lowest BCUT2D eigenvalue weighted by Crippen LogP contribution is -2.56. The minimum Gasteiger partial charge on any atom is -0.392 e. The van der Waals surface area contributed by atoms with Gasteiger partial charge in [-0.15, -0.1) is 0 Å². The van der Waals surface area contributed by atoms with Gasteiger partial charge in [-0.05, 0) is 31.6 Å². The van der Waals surface area contributed by atoms with Gasteiger partial charge in [-0.2, -0.15) is 0 Å². The molecule has 0 unspecified atom stereocenters. The predicted octanol–water partition coefficient (Wildman–Crippen LogP) is 3.57. The predicted molar refractivity (Wildman–Crippen MR) is 87.6 cm³/mol. The molecule has 1 aromatic carbocycles. The lowest BCUT2D eigenvalue weighted by Gasteiger charge is -2.47. The van der Waals surface area contributed by atoms with E-state index in [0.717, 1.165) is 13.0 Å². The maximum atomic E-state index is 6.26. The van der Waals surface area contributed by atoms with Gasteiger partial charge < -0.3 is 9.16 Å². The van der Waals surface area contributed by atoms with Crippen molar-refractivity contribution in [2.75, 3.05) is 13.2 Å². The molecule has 2 aliphatic heterocycles. The summed E-state index contributed by atoms with van der Waals surface area (Å²) in [5, 5.41) is 0. The Bertz CT molecular complexity index is 497. The van der Waals surface area contributed by atoms with Gasteiger partial charge in [0.1, 0.15) is 0 Å². The Morgan fingerprint density at radius 2 is 1.95 bits per heavy atom. The smallest absolute Gasteiger partial charge is 0.187 e. The van der Waals surface area contributed by atoms with Crippen LogP contribution in [0.2, 0.25) is 19.6 Å². The average molecular weight is 303 g/mol. The molecule has 0 spiro atoms. The van der Waals surface area contributed by atoms with E-state index in [4.69, 9.17) is 9.16 Å². The molecule has 21 heavy (non-hydrogen) atoms. The van der Waals surface area contributed by atoms with E-state index in [1.807, 2.05) is 0 Å². The van der Waals surface area contributed by atoms with Gasteiger partial charge in [0.05, 0.1) is 18.7 Å². The maximum absolute atomic E-state index is 6.26. The van der Waals surface area contributed by atoms with Crippen molar-refractivity contribution in [3.8, 4) is 0 Å². The molecule has 3 atom stereocenters. The quantitative estimate of drug-likeness (QED) is 0.629. The summed E-state index contributed by atoms with van der Waals surface area (Å²) in [5.41, 5.74) is 1.34. The largest absolute Gasteiger partial charge is 0.392 e. The van der Waals surface area contributed by atoms with Gasteiger partial charge in [-0.25, -0.2) is 0 Å². The maximum Gasteiger partial charge on any atom is 0.187 e. The summed E-state index contributed by atoms with van der Waals surface area (Å²) >= 11 is 0. The van der Waals surface area contributed by atoms with Crippen molar-refractivity contribution in [2.45, 2.75) is 44.4 Å². The SMILES string of the molecule is C[Si](C)(C)O[C@H]1OC[C@H](c2ccccc2)N2CCC=C[C@@H]12. The molecular formula is C17H25NO2Si. The van der Waals surface area contributed by atoms with Gasteiger partial charge in [0.2, 0.25) is 0 Å². The number of morpholine rings is 1. The summed E-state index contributed by atoms with van der Waals surface area (Å²) in [6, 6.07) is 11.3. The van der Waals surface area contributed by atoms with Crippen molar-refractivity contribution >= 4 is 8.32 Å². The lowest BCUT2D eigenvalue weighted by molar-refractivity contribution is -0.180. The van der Waals surface area contributed by atoms with Crippen LogP contribution in [-0.2, 0) is 9.16 Å². The molecule has 1 fully saturated rings. The molecule has 4 heteroatoms. The van der Waals surface area contributed by atoms with Crippen molar-refractivity contribution in [3.63, 3.8) is 0 Å². The zero-order valence-corrected chi connectivity index (χ0v) is 14.2. The molecule has 0 radical (unpaired) electrons. The van der Waals surface area contributed by atoms with Crippen LogP contribution in [0.1, 0.15) is 18.0 Å². The molecule has 0 aliphatic carbocycles. The van der Waals surface area contributed by atoms with Crippen LogP contribution in [0.3, 0.4) is 0 Å². The molecule has 1 saturated heterocycles. The summed E-state index contributed by atoms with van der Waals surface area (Å²) in [7, 11) is -1.61. The van der Waals surface area contributed by atoms with Crippen molar-refractivity contribution < 1.29 is 9.16 Å². The van der Waals surface area contributed by atoms with Crippen LogP contribution in [0.5, 0.6) is 0 Å². The van der Waals surface area contributed by atoms with E-state index in [-0.39, 0.29) is 12.3 Å². The molecular weight excluding hydrogens is 278 g/mol. The number of nitrogens with zero attached hydrogens (tertiary/aromatic N) is 1. The van der Waals surface area contributed by atoms with E-state index >= 15 is 0 Å². The number of hydrogen-bond donors (Lipinski definition) is 0. The van der Waals surface area contributed by atoms with Gasteiger partial charge in [0, 0.05) is 6.54 Å². The number of benzene rings is 1. The van der Waals surface area contributed by atoms with Gasteiger partial charge in [-0.1, -0.05) is 42.5 Å². The molecule has 0 saturated carbocycles. The van der Waals surface area contributed by atoms with Gasteiger partial charge in [0.25, 0.3) is 0 Å². The fraction of sp³-hybridized carbons (Fsp3) is 0.529. The number of hydrogen-bond acceptors (Lipinski definition) is 3. The van der Waals surface area contributed by atoms with E-state index in [9.17, 15) is 0 Å². The van der Waals surface area contributed by atoms with Crippen molar-refractivity contribution in [3.05, 3.63) is 48.0 Å². The number of ether oxygens (including phenoxy) is 1. The van der Waals surface area contributed by atoms with E-state index in [1.54, 1.807) is 0 Å². The Hall–Kier alpha value is -0.943. The van der Waals surface area contributed by atoms with Crippen LogP contribution >= 0.6 is 0 Å². The topological polar surface area (TPSA) is 21.7 Å². The van der Waals surface area contributed by atoms with Crippen LogP contribution in [0.4, 0.5) is 0 Å². The third kappa shape index (κ3) is 3.46. The second kappa shape index (κ2) is 6.05. The van der Waals surface area contributed by atoms with E-state index in [1.165, 1.54) is 5.56 Å². The molecule has 2 aliphatic rings. The second-order valence-electron chi connectivity index (χ2n) is 6.80. The lowest BCUT2D eigenvalue weighted by atomic mass is 9.98. The number of fused-ring (bicyclic) bond motifs is 1. The summed E-state index contributed by atoms with van der Waals surface area (Å²) in [6.45, 7) is 8.45. The molecule has 2 heterocycles. The van der Waals surface area contributed by atoms with E-state index in [0.29, 0.717) is 12.6 Å². The molecule has 1 aromatic rings. The van der Waals surface area contributed by atoms with Gasteiger partial charge >= 0.3 is 0 Å². The Labute approximate surface area is 128 Å². The summed E-state index contributed by atoms with van der Waals surface area (Å²) in [5.74, 6) is 0. The average Bonchev–Trinajstić information content (AvgIpc) is 2.47. The highest BCUT2D eigenvalue weighted by Crippen LogP contribution is 2.34. The highest BCUT2D eigenvalue weighted by molar-refractivity contribution is 6.69. The minimum absolute atomic E-state index is 0.117. The summed E-state index contributed by atoms with van der Waals surface area (Å²) in [4.78, 5) is 2.55. The molecule has 0 amide bonds. The molecule has 0 aromatic heterocycles. The first-order chi connectivity index (χ1) is 10.0. The van der Waals surface area contributed by atoms with Crippen molar-refractivity contribution in [1.82, 2.24) is 4.90 Å². The van der Waals surface area contributed by atoms with Crippen molar-refractivity contribution in [2.24, 2.45) is 0 Å². The van der Waals surface area contributed by atoms with Crippen molar-refractivity contribution in [1.29, 1.82) is 0 Å². The Kier molecular flexibility index (Phi) is 4.31. The first-order valence-electron chi connectivity index (χ1n) is 7.81. The normalized spacial score (nSPS) is 30.1. The third-order valence-electron chi connectivity index (χ3n) is 4.02. The Morgan fingerprint density at radius 1 is 1.19 bits per heavy atom. The van der Waals surface area contributed by atoms with E-state index < -0.39 is 8.32 Å². The zero-order chi connectivity index (χ0) is 14.9. The second-order valence-corrected chi connectivity index (χ2v) is 11.3. The highest BCUT2D eigenvalue weighted by atomic mass is 28.4. The zero-order valence-electron chi connectivity index (χ0n) is 13.2. The Morgan fingerprint density at radius 3 is 2.67 bits per heavy atom. The van der Waals surface area contributed by atoms with E-state index in [2.05, 4.69) is 67.0 Å². The molecule has 3 rings (SSSR count). The van der Waals surface area contributed by atoms with Gasteiger partial charge in [0.15, 0.2) is 14.6 Å². The molecule has 0 N–H and O–H groups in total. The summed E-state index contributed by atoms with van der Waals surface area (Å²) < 4.78 is 12.4. The summed E-state index contributed by atoms with van der Waals surface area (Å²) in [6.07, 6.45) is 5.52. The van der Waals surface area contributed by atoms with Crippen LogP contribution in [0.15, 0.2) is 42.5 Å². The monoisotopic (exact) mass is 303 g/mol. The van der Waals surface area contributed by atoms with Crippen LogP contribution in [-0.4, -0.2) is 38.7 Å². The van der Waals surface area contributed by atoms with Crippen LogP contribution in [0, 0.1) is 0 Å². The third-order valence-corrected chi connectivity index (χ3v) is 4.96. The highest BCUT2D eigenvalue weighted by Gasteiger charge is 2.40.